The van der Waals surface area contributed by atoms with Crippen LogP contribution >= 0.6 is 0 Å². The summed E-state index contributed by atoms with van der Waals surface area (Å²) in [5, 5.41) is 14.3. The molecule has 86 valence electrons. The molecule has 0 saturated heterocycles. The number of nitrogens with zero attached hydrogens (tertiary/aromatic N) is 1. The van der Waals surface area contributed by atoms with Crippen LogP contribution in [0.15, 0.2) is 16.5 Å². The second-order valence-corrected chi connectivity index (χ2v) is 3.26. The molecule has 16 heavy (non-hydrogen) atoms. The molecule has 2 N–H and O–H groups in total. The van der Waals surface area contributed by atoms with Crippen LogP contribution in [-0.2, 0) is 11.3 Å². The van der Waals surface area contributed by atoms with Gasteiger partial charge in [0.05, 0.1) is 6.54 Å². The molecule has 0 aliphatic heterocycles. The molecular formula is C11H15N3O2. The minimum atomic E-state index is 0.0344. The highest BCUT2D eigenvalue weighted by Crippen LogP contribution is 2.05. The van der Waals surface area contributed by atoms with Crippen LogP contribution in [0.2, 0.25) is 0 Å². The number of hydrogen-bond acceptors (Lipinski definition) is 4. The largest absolute Gasteiger partial charge is 0.449 e. The molecule has 1 heterocycles. The fraction of sp³-hybridized carbons (Fsp3) is 0.455. The lowest BCUT2D eigenvalue weighted by molar-refractivity contribution is -0.120. The molecule has 1 aromatic heterocycles. The summed E-state index contributed by atoms with van der Waals surface area (Å²) >= 11 is 0. The van der Waals surface area contributed by atoms with Gasteiger partial charge in [0.2, 0.25) is 11.7 Å². The molecule has 5 nitrogen and oxygen atoms in total. The summed E-state index contributed by atoms with van der Waals surface area (Å²) < 4.78 is 5.16. The van der Waals surface area contributed by atoms with E-state index in [-0.39, 0.29) is 5.91 Å². The monoisotopic (exact) mass is 221 g/mol. The van der Waals surface area contributed by atoms with Gasteiger partial charge in [0.1, 0.15) is 11.8 Å². The lowest BCUT2D eigenvalue weighted by atomic mass is 10.3. The molecule has 0 radical (unpaired) electrons. The van der Waals surface area contributed by atoms with Crippen molar-refractivity contribution >= 4 is 5.91 Å². The SMILES string of the molecule is CCNC(=O)CCNCc1ccc(C#N)o1. The molecule has 0 aliphatic rings. The van der Waals surface area contributed by atoms with Gasteiger partial charge in [-0.3, -0.25) is 4.79 Å². The molecule has 0 atom stereocenters. The third-order valence-electron chi connectivity index (χ3n) is 1.97. The van der Waals surface area contributed by atoms with E-state index in [9.17, 15) is 4.79 Å². The fourth-order valence-corrected chi connectivity index (χ4v) is 1.23. The van der Waals surface area contributed by atoms with Gasteiger partial charge in [-0.15, -0.1) is 0 Å². The minimum Gasteiger partial charge on any atom is -0.449 e. The van der Waals surface area contributed by atoms with Crippen LogP contribution in [-0.4, -0.2) is 19.0 Å². The zero-order valence-corrected chi connectivity index (χ0v) is 9.25. The van der Waals surface area contributed by atoms with E-state index in [1.54, 1.807) is 12.1 Å². The molecule has 0 aliphatic carbocycles. The van der Waals surface area contributed by atoms with Gasteiger partial charge in [-0.2, -0.15) is 5.26 Å². The van der Waals surface area contributed by atoms with Crippen molar-refractivity contribution in [2.45, 2.75) is 19.9 Å². The normalized spacial score (nSPS) is 9.75. The Kier molecular flexibility index (Phi) is 5.09. The van der Waals surface area contributed by atoms with E-state index >= 15 is 0 Å². The van der Waals surface area contributed by atoms with Crippen LogP contribution in [0.1, 0.15) is 24.9 Å². The highest BCUT2D eigenvalue weighted by atomic mass is 16.3. The predicted molar refractivity (Wildman–Crippen MR) is 58.4 cm³/mol. The van der Waals surface area contributed by atoms with E-state index in [4.69, 9.17) is 9.68 Å². The second-order valence-electron chi connectivity index (χ2n) is 3.26. The summed E-state index contributed by atoms with van der Waals surface area (Å²) in [5.74, 6) is 1.04. The van der Waals surface area contributed by atoms with Gasteiger partial charge in [-0.25, -0.2) is 0 Å². The van der Waals surface area contributed by atoms with Crippen molar-refractivity contribution in [2.24, 2.45) is 0 Å². The lowest BCUT2D eigenvalue weighted by Gasteiger charge is -2.02. The number of nitrogens with one attached hydrogen (secondary N) is 2. The quantitative estimate of drug-likeness (QED) is 0.695. The van der Waals surface area contributed by atoms with Gasteiger partial charge in [-0.1, -0.05) is 0 Å². The van der Waals surface area contributed by atoms with Gasteiger partial charge >= 0.3 is 0 Å². The first-order chi connectivity index (χ1) is 7.76. The van der Waals surface area contributed by atoms with Crippen molar-refractivity contribution < 1.29 is 9.21 Å². The zero-order valence-electron chi connectivity index (χ0n) is 9.25. The maximum absolute atomic E-state index is 11.1. The number of rotatable bonds is 6. The average Bonchev–Trinajstić information content (AvgIpc) is 2.73. The highest BCUT2D eigenvalue weighted by molar-refractivity contribution is 5.75. The Bertz CT molecular complexity index is 379. The molecule has 1 rings (SSSR count). The maximum atomic E-state index is 11.1. The highest BCUT2D eigenvalue weighted by Gasteiger charge is 2.01. The molecule has 0 fully saturated rings. The summed E-state index contributed by atoms with van der Waals surface area (Å²) in [4.78, 5) is 11.1. The van der Waals surface area contributed by atoms with E-state index in [2.05, 4.69) is 10.6 Å². The summed E-state index contributed by atoms with van der Waals surface area (Å²) in [7, 11) is 0. The molecule has 0 aromatic carbocycles. The summed E-state index contributed by atoms with van der Waals surface area (Å²) in [5.41, 5.74) is 0. The Morgan fingerprint density at radius 1 is 1.56 bits per heavy atom. The van der Waals surface area contributed by atoms with Crippen LogP contribution in [0.3, 0.4) is 0 Å². The Hall–Kier alpha value is -1.80. The van der Waals surface area contributed by atoms with Gasteiger partial charge in [0.15, 0.2) is 0 Å². The van der Waals surface area contributed by atoms with Gasteiger partial charge < -0.3 is 15.1 Å². The Labute approximate surface area is 94.4 Å². The molecular weight excluding hydrogens is 206 g/mol. The number of furan rings is 1. The Morgan fingerprint density at radius 3 is 3.00 bits per heavy atom. The Morgan fingerprint density at radius 2 is 2.38 bits per heavy atom. The first kappa shape index (κ1) is 12.3. The van der Waals surface area contributed by atoms with Gasteiger partial charge in [0, 0.05) is 19.5 Å². The molecule has 0 spiro atoms. The minimum absolute atomic E-state index is 0.0344. The lowest BCUT2D eigenvalue weighted by Crippen LogP contribution is -2.27. The molecule has 5 heteroatoms. The van der Waals surface area contributed by atoms with E-state index < -0.39 is 0 Å². The first-order valence-corrected chi connectivity index (χ1v) is 5.22. The molecule has 0 bridgehead atoms. The van der Waals surface area contributed by atoms with Crippen molar-refractivity contribution in [3.05, 3.63) is 23.7 Å². The summed E-state index contributed by atoms with van der Waals surface area (Å²) in [6.45, 7) is 3.66. The van der Waals surface area contributed by atoms with E-state index in [0.717, 1.165) is 0 Å². The van der Waals surface area contributed by atoms with Crippen LogP contribution in [0.4, 0.5) is 0 Å². The smallest absolute Gasteiger partial charge is 0.221 e. The third-order valence-corrected chi connectivity index (χ3v) is 1.97. The van der Waals surface area contributed by atoms with Crippen molar-refractivity contribution in [3.8, 4) is 6.07 Å². The molecule has 1 aromatic rings. The van der Waals surface area contributed by atoms with Crippen LogP contribution in [0, 0.1) is 11.3 Å². The number of nitriles is 1. The molecule has 0 saturated carbocycles. The molecule has 1 amide bonds. The van der Waals surface area contributed by atoms with E-state index in [1.807, 2.05) is 13.0 Å². The van der Waals surface area contributed by atoms with Gasteiger partial charge in [-0.05, 0) is 19.1 Å². The predicted octanol–water partition coefficient (Wildman–Crippen LogP) is 0.767. The number of hydrogen-bond donors (Lipinski definition) is 2. The summed E-state index contributed by atoms with van der Waals surface area (Å²) in [6, 6.07) is 5.29. The van der Waals surface area contributed by atoms with Crippen molar-refractivity contribution in [3.63, 3.8) is 0 Å². The number of carbonyl (C=O) groups is 1. The standard InChI is InChI=1S/C11H15N3O2/c1-2-14-11(15)5-6-13-8-10-4-3-9(7-12)16-10/h3-4,13H,2,5-6,8H2,1H3,(H,14,15). The van der Waals surface area contributed by atoms with Gasteiger partial charge in [0.25, 0.3) is 0 Å². The van der Waals surface area contributed by atoms with Crippen LogP contribution in [0.25, 0.3) is 0 Å². The van der Waals surface area contributed by atoms with E-state index in [0.29, 0.717) is 37.6 Å². The van der Waals surface area contributed by atoms with Crippen molar-refractivity contribution in [1.82, 2.24) is 10.6 Å². The van der Waals surface area contributed by atoms with Crippen molar-refractivity contribution in [2.75, 3.05) is 13.1 Å². The first-order valence-electron chi connectivity index (χ1n) is 5.22. The van der Waals surface area contributed by atoms with Crippen LogP contribution in [0.5, 0.6) is 0 Å². The maximum Gasteiger partial charge on any atom is 0.221 e. The van der Waals surface area contributed by atoms with E-state index in [1.165, 1.54) is 0 Å². The van der Waals surface area contributed by atoms with Crippen molar-refractivity contribution in [1.29, 1.82) is 5.26 Å². The molecule has 0 unspecified atom stereocenters. The summed E-state index contributed by atoms with van der Waals surface area (Å²) in [6.07, 6.45) is 0.444. The number of carbonyl (C=O) groups excluding carboxylic acids is 1. The topological polar surface area (TPSA) is 78.1 Å². The third kappa shape index (κ3) is 4.15. The zero-order chi connectivity index (χ0) is 11.8. The fourth-order valence-electron chi connectivity index (χ4n) is 1.23. The Balaban J connectivity index is 2.16. The average molecular weight is 221 g/mol. The second kappa shape index (κ2) is 6.64. The number of amides is 1. The van der Waals surface area contributed by atoms with Crippen LogP contribution < -0.4 is 10.6 Å².